The number of pyridine rings is 1. The van der Waals surface area contributed by atoms with Crippen LogP contribution in [0.1, 0.15) is 89.5 Å². The minimum atomic E-state index is -1.16. The minimum Gasteiger partial charge on any atom is -0.476 e. The standard InChI is InChI=1S/C57H51FN8O8S/c1-33-37(38-19-21-49(60-51(38)56(72)73)65-25-23-35-9-6-11-39(42(35)32-65)52(68)62-57-59-44-12-2-3-14-48(44)75-57)10-7-13-47(33)74-36-17-15-34(16-18-36)8-4-5-24-63-26-28-64(29-27-63)46-31-41-40(30-43(46)58)54(70)66(55(41)71)45-20-22-50(67)61-53(45)69/h2-3,6-7,9-19,21,30-31,45H,4-5,8,20,22-29,32H2,1H3,(H,72,73)(H,59,62,68)(H,61,67,69). The lowest BCUT2D eigenvalue weighted by Crippen LogP contribution is -2.54. The number of fused-ring (bicyclic) bond motifs is 3. The maximum Gasteiger partial charge on any atom is 0.355 e. The lowest BCUT2D eigenvalue weighted by atomic mass is 9.94. The molecule has 75 heavy (non-hydrogen) atoms. The molecule has 2 fully saturated rings. The van der Waals surface area contributed by atoms with E-state index in [1.165, 1.54) is 17.4 Å². The van der Waals surface area contributed by atoms with E-state index in [-0.39, 0.29) is 41.3 Å². The number of carbonyl (C=O) groups is 6. The molecule has 0 bridgehead atoms. The number of piperidine rings is 1. The van der Waals surface area contributed by atoms with Crippen molar-refractivity contribution in [3.63, 3.8) is 0 Å². The van der Waals surface area contributed by atoms with E-state index in [1.54, 1.807) is 12.1 Å². The van der Waals surface area contributed by atoms with Gasteiger partial charge in [0.15, 0.2) is 10.8 Å². The van der Waals surface area contributed by atoms with Crippen molar-refractivity contribution in [2.24, 2.45) is 0 Å². The van der Waals surface area contributed by atoms with Gasteiger partial charge in [-0.15, -0.1) is 0 Å². The molecule has 18 heteroatoms. The molecular weight excluding hydrogens is 976 g/mol. The number of rotatable bonds is 14. The Bertz CT molecular complexity index is 3430. The lowest BCUT2D eigenvalue weighted by Gasteiger charge is -2.36. The second-order valence-corrected chi connectivity index (χ2v) is 20.2. The Kier molecular flexibility index (Phi) is 13.4. The van der Waals surface area contributed by atoms with Crippen LogP contribution in [-0.4, -0.2) is 106 Å². The average molecular weight is 1030 g/mol. The van der Waals surface area contributed by atoms with Gasteiger partial charge in [0.05, 0.1) is 27.0 Å². The summed E-state index contributed by atoms with van der Waals surface area (Å²) in [4.78, 5) is 93.5. The fourth-order valence-electron chi connectivity index (χ4n) is 10.6. The van der Waals surface area contributed by atoms with Crippen molar-refractivity contribution in [1.82, 2.24) is 25.1 Å². The van der Waals surface area contributed by atoms with Gasteiger partial charge in [0, 0.05) is 56.8 Å². The molecule has 6 heterocycles. The fourth-order valence-corrected chi connectivity index (χ4v) is 11.4. The second kappa shape index (κ2) is 20.5. The number of hydrogen-bond acceptors (Lipinski definition) is 13. The SMILES string of the molecule is Cc1c(Oc2ccc(CCCCN3CCN(c4cc5c(cc4F)C(=O)N(C4CCC(=O)NC4=O)C5=O)CC3)cc2)cccc1-c1ccc(N2CCc3cccc(C(=O)Nc4nc5ccccc5s4)c3C2)nc1C(=O)O. The summed E-state index contributed by atoms with van der Waals surface area (Å²) < 4.78 is 22.8. The highest BCUT2D eigenvalue weighted by atomic mass is 32.1. The summed E-state index contributed by atoms with van der Waals surface area (Å²) in [6, 6.07) is 32.0. The monoisotopic (exact) mass is 1030 g/mol. The summed E-state index contributed by atoms with van der Waals surface area (Å²) in [6.07, 6.45) is 3.46. The molecule has 5 aromatic carbocycles. The number of anilines is 3. The molecule has 7 aromatic rings. The van der Waals surface area contributed by atoms with Crippen molar-refractivity contribution in [3.8, 4) is 22.6 Å². The van der Waals surface area contributed by atoms with Gasteiger partial charge in [-0.1, -0.05) is 59.9 Å². The number of carboxylic acid groups (broad SMARTS) is 1. The number of halogens is 1. The number of aryl methyl sites for hydroxylation is 1. The Morgan fingerprint density at radius 2 is 1.57 bits per heavy atom. The van der Waals surface area contributed by atoms with Gasteiger partial charge >= 0.3 is 5.97 Å². The predicted octanol–water partition coefficient (Wildman–Crippen LogP) is 8.66. The fraction of sp³-hybridized carbons (Fsp3) is 0.263. The van der Waals surface area contributed by atoms with Crippen LogP contribution in [0.15, 0.2) is 109 Å². The van der Waals surface area contributed by atoms with Crippen molar-refractivity contribution < 1.29 is 43.0 Å². The number of unbranched alkanes of at least 4 members (excludes halogenated alkanes) is 1. The van der Waals surface area contributed by atoms with Gasteiger partial charge in [0.2, 0.25) is 11.8 Å². The Morgan fingerprint density at radius 1 is 0.800 bits per heavy atom. The number of benzene rings is 5. The number of carboxylic acids is 1. The predicted molar refractivity (Wildman–Crippen MR) is 281 cm³/mol. The summed E-state index contributed by atoms with van der Waals surface area (Å²) in [6.45, 7) is 6.21. The lowest BCUT2D eigenvalue weighted by molar-refractivity contribution is -0.136. The molecule has 0 saturated carbocycles. The quantitative estimate of drug-likeness (QED) is 0.0693. The Morgan fingerprint density at radius 3 is 2.35 bits per heavy atom. The molecule has 16 nitrogen and oxygen atoms in total. The molecule has 0 spiro atoms. The second-order valence-electron chi connectivity index (χ2n) is 19.2. The third-order valence-electron chi connectivity index (χ3n) is 14.6. The average Bonchev–Trinajstić information content (AvgIpc) is 3.94. The molecule has 0 radical (unpaired) electrons. The van der Waals surface area contributed by atoms with Gasteiger partial charge in [-0.3, -0.25) is 44.4 Å². The molecule has 0 aliphatic carbocycles. The number of carbonyl (C=O) groups excluding carboxylic acids is 5. The molecule has 380 valence electrons. The van der Waals surface area contributed by atoms with Crippen LogP contribution in [-0.2, 0) is 29.0 Å². The van der Waals surface area contributed by atoms with Gasteiger partial charge in [0.25, 0.3) is 17.7 Å². The van der Waals surface area contributed by atoms with Crippen molar-refractivity contribution in [1.29, 1.82) is 0 Å². The zero-order valence-corrected chi connectivity index (χ0v) is 41.8. The first-order chi connectivity index (χ1) is 36.4. The third kappa shape index (κ3) is 9.81. The first kappa shape index (κ1) is 48.9. The van der Waals surface area contributed by atoms with Gasteiger partial charge < -0.3 is 19.6 Å². The zero-order valence-electron chi connectivity index (χ0n) is 40.9. The molecule has 1 unspecified atom stereocenters. The number of thiazole rings is 1. The minimum absolute atomic E-state index is 0.00493. The van der Waals surface area contributed by atoms with E-state index in [9.17, 15) is 33.9 Å². The Hall–Kier alpha value is -8.35. The van der Waals surface area contributed by atoms with Crippen LogP contribution in [0.2, 0.25) is 0 Å². The third-order valence-corrected chi connectivity index (χ3v) is 15.5. The number of imide groups is 2. The van der Waals surface area contributed by atoms with Gasteiger partial charge in [-0.25, -0.2) is 19.2 Å². The van der Waals surface area contributed by atoms with Crippen molar-refractivity contribution >= 4 is 73.7 Å². The number of aromatic carboxylic acids is 1. The first-order valence-electron chi connectivity index (χ1n) is 25.0. The maximum atomic E-state index is 15.5. The highest BCUT2D eigenvalue weighted by Crippen LogP contribution is 2.37. The Balaban J connectivity index is 0.675. The number of aromatic nitrogens is 2. The van der Waals surface area contributed by atoms with Gasteiger partial charge in [-0.05, 0) is 134 Å². The van der Waals surface area contributed by atoms with Crippen LogP contribution in [0.25, 0.3) is 21.3 Å². The molecule has 5 amide bonds. The van der Waals surface area contributed by atoms with Crippen molar-refractivity contribution in [2.45, 2.75) is 58.0 Å². The molecule has 2 aromatic heterocycles. The van der Waals surface area contributed by atoms with E-state index in [1.807, 2.05) is 102 Å². The summed E-state index contributed by atoms with van der Waals surface area (Å²) in [5, 5.41) is 16.2. The van der Waals surface area contributed by atoms with E-state index >= 15 is 4.39 Å². The number of amides is 5. The first-order valence-corrected chi connectivity index (χ1v) is 25.8. The largest absolute Gasteiger partial charge is 0.476 e. The van der Waals surface area contributed by atoms with E-state index in [0.717, 1.165) is 69.2 Å². The Labute approximate surface area is 434 Å². The van der Waals surface area contributed by atoms with Gasteiger partial charge in [-0.2, -0.15) is 0 Å². The van der Waals surface area contributed by atoms with E-state index in [0.29, 0.717) is 84.8 Å². The number of ether oxygens (including phenoxy) is 1. The number of nitrogens with zero attached hydrogens (tertiary/aromatic N) is 6. The summed E-state index contributed by atoms with van der Waals surface area (Å²) in [5.74, 6) is -2.85. The molecule has 3 N–H and O–H groups in total. The van der Waals surface area contributed by atoms with Crippen LogP contribution in [0, 0.1) is 12.7 Å². The van der Waals surface area contributed by atoms with E-state index in [2.05, 4.69) is 20.5 Å². The molecule has 2 saturated heterocycles. The van der Waals surface area contributed by atoms with Crippen molar-refractivity contribution in [3.05, 3.63) is 160 Å². The van der Waals surface area contributed by atoms with Crippen LogP contribution >= 0.6 is 11.3 Å². The number of piperazine rings is 1. The smallest absolute Gasteiger partial charge is 0.355 e. The highest BCUT2D eigenvalue weighted by molar-refractivity contribution is 7.22. The van der Waals surface area contributed by atoms with Crippen molar-refractivity contribution in [2.75, 3.05) is 54.4 Å². The number of para-hydroxylation sites is 1. The number of nitrogens with one attached hydrogen (secondary N) is 2. The normalized spacial score (nSPS) is 16.8. The number of hydrogen-bond donors (Lipinski definition) is 3. The molecule has 1 atom stereocenters. The maximum absolute atomic E-state index is 15.5. The van der Waals surface area contributed by atoms with Crippen LogP contribution in [0.4, 0.5) is 21.0 Å². The van der Waals surface area contributed by atoms with Crippen LogP contribution in [0.5, 0.6) is 11.5 Å². The molecule has 11 rings (SSSR count). The topological polar surface area (TPSA) is 195 Å². The van der Waals surface area contributed by atoms with E-state index in [4.69, 9.17) is 9.72 Å². The summed E-state index contributed by atoms with van der Waals surface area (Å²) in [5.41, 5.74) is 6.49. The molecular formula is C57H51FN8O8S. The summed E-state index contributed by atoms with van der Waals surface area (Å²) >= 11 is 1.42. The van der Waals surface area contributed by atoms with Crippen LogP contribution < -0.4 is 25.2 Å². The molecule has 4 aliphatic rings. The summed E-state index contributed by atoms with van der Waals surface area (Å²) in [7, 11) is 0. The molecule has 4 aliphatic heterocycles. The van der Waals surface area contributed by atoms with Crippen LogP contribution in [0.3, 0.4) is 0 Å². The van der Waals surface area contributed by atoms with Gasteiger partial charge in [0.1, 0.15) is 29.2 Å². The highest BCUT2D eigenvalue weighted by Gasteiger charge is 2.45. The van der Waals surface area contributed by atoms with E-state index < -0.39 is 41.5 Å². The zero-order chi connectivity index (χ0) is 51.9.